The molecule has 0 aliphatic rings. The van der Waals surface area contributed by atoms with Gasteiger partial charge in [-0.3, -0.25) is 4.98 Å². The summed E-state index contributed by atoms with van der Waals surface area (Å²) in [6.07, 6.45) is 5.78. The number of hydrogen-bond acceptors (Lipinski definition) is 4. The van der Waals surface area contributed by atoms with E-state index in [1.807, 2.05) is 24.4 Å². The van der Waals surface area contributed by atoms with Crippen molar-refractivity contribution in [3.05, 3.63) is 54.4 Å². The summed E-state index contributed by atoms with van der Waals surface area (Å²) in [6, 6.07) is 12.5. The van der Waals surface area contributed by atoms with Crippen LogP contribution in [0.3, 0.4) is 0 Å². The van der Waals surface area contributed by atoms with Crippen LogP contribution < -0.4 is 5.32 Å². The highest BCUT2D eigenvalue weighted by atomic mass is 32.2. The number of anilines is 1. The van der Waals surface area contributed by atoms with Crippen LogP contribution >= 0.6 is 24.0 Å². The molecule has 0 fully saturated rings. The fraction of sp³-hybridized carbons (Fsp3) is 0.368. The average molecular weight is 375 g/mol. The maximum absolute atomic E-state index is 5.73. The van der Waals surface area contributed by atoms with Crippen LogP contribution in [-0.4, -0.2) is 53.3 Å². The smallest absolute Gasteiger partial charge is 0.173 e. The molecule has 0 aliphatic heterocycles. The highest BCUT2D eigenvalue weighted by molar-refractivity contribution is 7.98. The molecule has 0 amide bonds. The highest BCUT2D eigenvalue weighted by Gasteiger charge is 2.19. The molecule has 0 spiro atoms. The minimum Gasteiger partial charge on any atom is -0.341 e. The quantitative estimate of drug-likeness (QED) is 0.579. The number of thiocarbonyl (C=S) groups is 1. The van der Waals surface area contributed by atoms with Crippen LogP contribution in [0.2, 0.25) is 0 Å². The molecule has 1 aromatic carbocycles. The second-order valence-electron chi connectivity index (χ2n) is 6.12. The van der Waals surface area contributed by atoms with E-state index in [4.69, 9.17) is 12.2 Å². The molecule has 25 heavy (non-hydrogen) atoms. The first kappa shape index (κ1) is 19.7. The van der Waals surface area contributed by atoms with Gasteiger partial charge in [-0.1, -0.05) is 12.1 Å². The normalized spacial score (nSPS) is 12.0. The summed E-state index contributed by atoms with van der Waals surface area (Å²) in [5, 5.41) is 4.13. The molecule has 0 aliphatic carbocycles. The third kappa shape index (κ3) is 5.99. The fourth-order valence-corrected chi connectivity index (χ4v) is 3.30. The molecule has 6 heteroatoms. The maximum atomic E-state index is 5.73. The van der Waals surface area contributed by atoms with Crippen molar-refractivity contribution in [2.75, 3.05) is 38.8 Å². The number of thioether (sulfide) groups is 1. The Morgan fingerprint density at radius 1 is 1.24 bits per heavy atom. The van der Waals surface area contributed by atoms with Crippen molar-refractivity contribution in [3.63, 3.8) is 0 Å². The van der Waals surface area contributed by atoms with E-state index in [1.54, 1.807) is 18.0 Å². The van der Waals surface area contributed by atoms with Crippen molar-refractivity contribution in [2.45, 2.75) is 17.9 Å². The predicted octanol–water partition coefficient (Wildman–Crippen LogP) is 4.13. The zero-order valence-electron chi connectivity index (χ0n) is 15.3. The molecule has 134 valence electrons. The van der Waals surface area contributed by atoms with Crippen molar-refractivity contribution >= 4 is 34.8 Å². The van der Waals surface area contributed by atoms with Gasteiger partial charge < -0.3 is 15.1 Å². The van der Waals surface area contributed by atoms with Gasteiger partial charge in [-0.25, -0.2) is 0 Å². The van der Waals surface area contributed by atoms with Gasteiger partial charge >= 0.3 is 0 Å². The van der Waals surface area contributed by atoms with Gasteiger partial charge in [-0.15, -0.1) is 11.8 Å². The molecule has 0 saturated heterocycles. The molecular weight excluding hydrogens is 348 g/mol. The molecular formula is C19H26N4S2. The lowest BCUT2D eigenvalue weighted by Gasteiger charge is -2.33. The molecule has 4 nitrogen and oxygen atoms in total. The van der Waals surface area contributed by atoms with Crippen molar-refractivity contribution in [1.82, 2.24) is 14.8 Å². The van der Waals surface area contributed by atoms with Crippen molar-refractivity contribution in [1.29, 1.82) is 0 Å². The Hall–Kier alpha value is -1.63. The van der Waals surface area contributed by atoms with E-state index in [-0.39, 0.29) is 6.04 Å². The van der Waals surface area contributed by atoms with Crippen LogP contribution in [-0.2, 0) is 0 Å². The lowest BCUT2D eigenvalue weighted by Crippen LogP contribution is -2.40. The number of benzene rings is 1. The average Bonchev–Trinajstić information content (AvgIpc) is 2.62. The molecule has 1 heterocycles. The van der Waals surface area contributed by atoms with Gasteiger partial charge in [0.2, 0.25) is 0 Å². The molecule has 1 N–H and O–H groups in total. The summed E-state index contributed by atoms with van der Waals surface area (Å²) in [7, 11) is 4.15. The van der Waals surface area contributed by atoms with Gasteiger partial charge in [-0.2, -0.15) is 0 Å². The van der Waals surface area contributed by atoms with Gasteiger partial charge in [0.1, 0.15) is 0 Å². The zero-order chi connectivity index (χ0) is 18.2. The van der Waals surface area contributed by atoms with Crippen LogP contribution in [0.5, 0.6) is 0 Å². The van der Waals surface area contributed by atoms with Crippen LogP contribution in [0.4, 0.5) is 5.69 Å². The monoisotopic (exact) mass is 374 g/mol. The van der Waals surface area contributed by atoms with E-state index in [0.717, 1.165) is 29.5 Å². The standard InChI is InChI=1S/C19H26N4S2/c1-15(16-7-6-10-20-14-16)23(12-11-22(2)3)19(24)21-17-8-5-9-18(13-17)25-4/h5-10,13-15H,11-12H2,1-4H3,(H,21,24). The fourth-order valence-electron chi connectivity index (χ4n) is 2.48. The third-order valence-corrected chi connectivity index (χ3v) is 5.07. The summed E-state index contributed by atoms with van der Waals surface area (Å²) >= 11 is 7.46. The summed E-state index contributed by atoms with van der Waals surface area (Å²) in [5.41, 5.74) is 2.17. The van der Waals surface area contributed by atoms with E-state index >= 15 is 0 Å². The first-order valence-corrected chi connectivity index (χ1v) is 9.91. The van der Waals surface area contributed by atoms with E-state index < -0.39 is 0 Å². The van der Waals surface area contributed by atoms with Gasteiger partial charge in [0.15, 0.2) is 5.11 Å². The molecule has 1 atom stereocenters. The minimum atomic E-state index is 0.150. The molecule has 1 unspecified atom stereocenters. The highest BCUT2D eigenvalue weighted by Crippen LogP contribution is 2.23. The molecule has 1 aromatic heterocycles. The molecule has 2 aromatic rings. The lowest BCUT2D eigenvalue weighted by molar-refractivity contribution is 0.289. The lowest BCUT2D eigenvalue weighted by atomic mass is 10.1. The second kappa shape index (κ2) is 9.75. The SMILES string of the molecule is CSc1cccc(NC(=S)N(CCN(C)C)C(C)c2cccnc2)c1. The first-order chi connectivity index (χ1) is 12.0. The van der Waals surface area contributed by atoms with Crippen molar-refractivity contribution in [2.24, 2.45) is 0 Å². The van der Waals surface area contributed by atoms with Crippen LogP contribution in [0.25, 0.3) is 0 Å². The van der Waals surface area contributed by atoms with Crippen LogP contribution in [0.15, 0.2) is 53.7 Å². The second-order valence-corrected chi connectivity index (χ2v) is 7.39. The van der Waals surface area contributed by atoms with E-state index in [0.29, 0.717) is 0 Å². The molecule has 0 radical (unpaired) electrons. The number of hydrogen-bond donors (Lipinski definition) is 1. The Bertz CT molecular complexity index is 676. The molecule has 0 saturated carbocycles. The Balaban J connectivity index is 2.17. The number of nitrogens with zero attached hydrogens (tertiary/aromatic N) is 3. The summed E-state index contributed by atoms with van der Waals surface area (Å²) in [4.78, 5) is 9.85. The Kier molecular flexibility index (Phi) is 7.68. The van der Waals surface area contributed by atoms with Crippen LogP contribution in [0, 0.1) is 0 Å². The minimum absolute atomic E-state index is 0.150. The number of pyridine rings is 1. The van der Waals surface area contributed by atoms with E-state index in [9.17, 15) is 0 Å². The summed E-state index contributed by atoms with van der Waals surface area (Å²) < 4.78 is 0. The van der Waals surface area contributed by atoms with E-state index in [2.05, 4.69) is 65.6 Å². The number of rotatable bonds is 7. The van der Waals surface area contributed by atoms with Crippen molar-refractivity contribution in [3.8, 4) is 0 Å². The Labute approximate surface area is 160 Å². The van der Waals surface area contributed by atoms with Crippen LogP contribution in [0.1, 0.15) is 18.5 Å². The maximum Gasteiger partial charge on any atom is 0.173 e. The zero-order valence-corrected chi connectivity index (χ0v) is 16.9. The first-order valence-electron chi connectivity index (χ1n) is 8.27. The summed E-state index contributed by atoms with van der Waals surface area (Å²) in [5.74, 6) is 0. The van der Waals surface area contributed by atoms with Crippen molar-refractivity contribution < 1.29 is 0 Å². The number of nitrogens with one attached hydrogen (secondary N) is 1. The van der Waals surface area contributed by atoms with E-state index in [1.165, 1.54) is 4.90 Å². The Morgan fingerprint density at radius 2 is 2.04 bits per heavy atom. The topological polar surface area (TPSA) is 31.4 Å². The number of likely N-dealkylation sites (N-methyl/N-ethyl adjacent to an activating group) is 1. The predicted molar refractivity (Wildman–Crippen MR) is 112 cm³/mol. The third-order valence-electron chi connectivity index (χ3n) is 4.00. The summed E-state index contributed by atoms with van der Waals surface area (Å²) in [6.45, 7) is 3.94. The molecule has 2 rings (SSSR count). The van der Waals surface area contributed by atoms with Gasteiger partial charge in [0, 0.05) is 36.1 Å². The largest absolute Gasteiger partial charge is 0.341 e. The van der Waals surface area contributed by atoms with Gasteiger partial charge in [0.05, 0.1) is 6.04 Å². The van der Waals surface area contributed by atoms with Gasteiger partial charge in [0.25, 0.3) is 0 Å². The molecule has 0 bridgehead atoms. The Morgan fingerprint density at radius 3 is 2.68 bits per heavy atom. The van der Waals surface area contributed by atoms with Gasteiger partial charge in [-0.05, 0) is 69.3 Å². The number of aromatic nitrogens is 1.